The van der Waals surface area contributed by atoms with E-state index in [-0.39, 0.29) is 4.90 Å². The lowest BCUT2D eigenvalue weighted by Gasteiger charge is -2.08. The van der Waals surface area contributed by atoms with Gasteiger partial charge >= 0.3 is 0 Å². The number of benzene rings is 1. The van der Waals surface area contributed by atoms with Gasteiger partial charge in [-0.05, 0) is 23.8 Å². The Bertz CT molecular complexity index is 672. The second kappa shape index (κ2) is 5.56. The Morgan fingerprint density at radius 2 is 1.89 bits per heavy atom. The summed E-state index contributed by atoms with van der Waals surface area (Å²) in [6, 6.07) is 8.10. The van der Waals surface area contributed by atoms with Crippen LogP contribution >= 0.6 is 11.6 Å². The summed E-state index contributed by atoms with van der Waals surface area (Å²) in [7, 11) is -3.64. The van der Waals surface area contributed by atoms with Crippen LogP contribution in [0.3, 0.4) is 0 Å². The monoisotopic (exact) mass is 297 g/mol. The van der Waals surface area contributed by atoms with Gasteiger partial charge in [-0.25, -0.2) is 13.6 Å². The molecule has 0 aliphatic carbocycles. The zero-order valence-electron chi connectivity index (χ0n) is 9.88. The number of aromatic nitrogens is 1. The number of anilines is 1. The van der Waals surface area contributed by atoms with Crippen LogP contribution < -0.4 is 10.5 Å². The molecule has 1 aromatic carbocycles. The van der Waals surface area contributed by atoms with Crippen molar-refractivity contribution in [3.05, 3.63) is 53.3 Å². The second-order valence-corrected chi connectivity index (χ2v) is 5.87. The highest BCUT2D eigenvalue weighted by Gasteiger charge is 2.06. The molecule has 1 aromatic heterocycles. The quantitative estimate of drug-likeness (QED) is 0.904. The lowest BCUT2D eigenvalue weighted by atomic mass is 10.2. The maximum atomic E-state index is 11.1. The van der Waals surface area contributed by atoms with Crippen molar-refractivity contribution in [2.75, 3.05) is 5.32 Å². The highest BCUT2D eigenvalue weighted by atomic mass is 35.5. The third-order valence-electron chi connectivity index (χ3n) is 2.51. The van der Waals surface area contributed by atoms with Crippen LogP contribution in [0.4, 0.5) is 5.69 Å². The molecule has 0 unspecified atom stereocenters. The normalized spacial score (nSPS) is 11.3. The number of nitrogens with one attached hydrogen (secondary N) is 1. The molecule has 2 aromatic rings. The molecule has 7 heteroatoms. The maximum absolute atomic E-state index is 11.1. The van der Waals surface area contributed by atoms with Crippen molar-refractivity contribution in [3.63, 3.8) is 0 Å². The van der Waals surface area contributed by atoms with Gasteiger partial charge in [-0.2, -0.15) is 0 Å². The Morgan fingerprint density at radius 1 is 1.21 bits per heavy atom. The zero-order valence-corrected chi connectivity index (χ0v) is 11.4. The van der Waals surface area contributed by atoms with E-state index in [1.165, 1.54) is 12.1 Å². The van der Waals surface area contributed by atoms with E-state index in [2.05, 4.69) is 10.3 Å². The van der Waals surface area contributed by atoms with Crippen LogP contribution in [-0.2, 0) is 16.6 Å². The second-order valence-electron chi connectivity index (χ2n) is 3.90. The minimum atomic E-state index is -3.64. The fraction of sp³-hybridized carbons (Fsp3) is 0.0833. The predicted molar refractivity (Wildman–Crippen MR) is 74.4 cm³/mol. The molecule has 19 heavy (non-hydrogen) atoms. The first kappa shape index (κ1) is 13.8. The van der Waals surface area contributed by atoms with Crippen LogP contribution in [0.2, 0.25) is 5.02 Å². The van der Waals surface area contributed by atoms with E-state index in [1.807, 2.05) is 0 Å². The molecule has 0 saturated heterocycles. The fourth-order valence-corrected chi connectivity index (χ4v) is 2.21. The minimum Gasteiger partial charge on any atom is -0.380 e. The Morgan fingerprint density at radius 3 is 2.47 bits per heavy atom. The molecule has 3 N–H and O–H groups in total. The van der Waals surface area contributed by atoms with Gasteiger partial charge < -0.3 is 5.32 Å². The van der Waals surface area contributed by atoms with E-state index in [9.17, 15) is 8.42 Å². The Balaban J connectivity index is 2.07. The molecule has 0 atom stereocenters. The van der Waals surface area contributed by atoms with Gasteiger partial charge in [-0.1, -0.05) is 23.7 Å². The van der Waals surface area contributed by atoms with Crippen molar-refractivity contribution in [2.45, 2.75) is 11.4 Å². The maximum Gasteiger partial charge on any atom is 0.238 e. The first-order valence-electron chi connectivity index (χ1n) is 5.42. The van der Waals surface area contributed by atoms with Crippen LogP contribution in [0, 0.1) is 0 Å². The lowest BCUT2D eigenvalue weighted by molar-refractivity contribution is 0.598. The van der Waals surface area contributed by atoms with Crippen LogP contribution in [-0.4, -0.2) is 13.4 Å². The number of sulfonamides is 1. The van der Waals surface area contributed by atoms with Gasteiger partial charge in [-0.15, -0.1) is 0 Å². The molecular formula is C12H12ClN3O2S. The molecule has 0 radical (unpaired) electrons. The number of hydrogen-bond donors (Lipinski definition) is 2. The molecule has 0 amide bonds. The standard InChI is InChI=1S/C12H12ClN3O2S/c13-11-8-15-6-5-12(11)16-7-9-1-3-10(4-2-9)19(14,17)18/h1-6,8H,7H2,(H,15,16)(H2,14,17,18). The van der Waals surface area contributed by atoms with Crippen LogP contribution in [0.5, 0.6) is 0 Å². The van der Waals surface area contributed by atoms with Crippen molar-refractivity contribution in [3.8, 4) is 0 Å². The van der Waals surface area contributed by atoms with Crippen molar-refractivity contribution in [1.82, 2.24) is 4.98 Å². The van der Waals surface area contributed by atoms with Crippen LogP contribution in [0.1, 0.15) is 5.56 Å². The van der Waals surface area contributed by atoms with E-state index >= 15 is 0 Å². The molecule has 0 saturated carbocycles. The van der Waals surface area contributed by atoms with E-state index in [1.54, 1.807) is 30.6 Å². The first-order chi connectivity index (χ1) is 8.97. The number of nitrogens with zero attached hydrogens (tertiary/aromatic N) is 1. The Hall–Kier alpha value is -1.63. The largest absolute Gasteiger partial charge is 0.380 e. The fourth-order valence-electron chi connectivity index (χ4n) is 1.51. The van der Waals surface area contributed by atoms with Crippen molar-refractivity contribution in [2.24, 2.45) is 5.14 Å². The zero-order chi connectivity index (χ0) is 13.9. The van der Waals surface area contributed by atoms with Gasteiger partial charge in [0.1, 0.15) is 0 Å². The summed E-state index contributed by atoms with van der Waals surface area (Å²) in [5.41, 5.74) is 1.69. The van der Waals surface area contributed by atoms with Crippen molar-refractivity contribution >= 4 is 27.3 Å². The Labute approximate surface area is 116 Å². The molecule has 0 aliphatic rings. The summed E-state index contributed by atoms with van der Waals surface area (Å²) >= 11 is 5.95. The van der Waals surface area contributed by atoms with Gasteiger partial charge in [0, 0.05) is 18.9 Å². The first-order valence-corrected chi connectivity index (χ1v) is 7.34. The molecule has 5 nitrogen and oxygen atoms in total. The SMILES string of the molecule is NS(=O)(=O)c1ccc(CNc2ccncc2Cl)cc1. The molecule has 2 rings (SSSR count). The summed E-state index contributed by atoms with van der Waals surface area (Å²) in [6.07, 6.45) is 3.19. The molecule has 0 bridgehead atoms. The molecule has 100 valence electrons. The number of hydrogen-bond acceptors (Lipinski definition) is 4. The highest BCUT2D eigenvalue weighted by molar-refractivity contribution is 7.89. The van der Waals surface area contributed by atoms with E-state index in [0.29, 0.717) is 11.6 Å². The molecule has 0 fully saturated rings. The smallest absolute Gasteiger partial charge is 0.238 e. The summed E-state index contributed by atoms with van der Waals surface area (Å²) in [4.78, 5) is 3.98. The van der Waals surface area contributed by atoms with Crippen LogP contribution in [0.15, 0.2) is 47.6 Å². The van der Waals surface area contributed by atoms with Gasteiger partial charge in [0.15, 0.2) is 0 Å². The molecular weight excluding hydrogens is 286 g/mol. The van der Waals surface area contributed by atoms with E-state index in [4.69, 9.17) is 16.7 Å². The van der Waals surface area contributed by atoms with Crippen LogP contribution in [0.25, 0.3) is 0 Å². The van der Waals surface area contributed by atoms with Gasteiger partial charge in [0.2, 0.25) is 10.0 Å². The minimum absolute atomic E-state index is 0.0955. The highest BCUT2D eigenvalue weighted by Crippen LogP contribution is 2.20. The number of pyridine rings is 1. The van der Waals surface area contributed by atoms with Gasteiger partial charge in [0.05, 0.1) is 15.6 Å². The molecule has 0 aliphatic heterocycles. The van der Waals surface area contributed by atoms with E-state index in [0.717, 1.165) is 11.3 Å². The summed E-state index contributed by atoms with van der Waals surface area (Å²) in [6.45, 7) is 0.522. The van der Waals surface area contributed by atoms with Crippen molar-refractivity contribution in [1.29, 1.82) is 0 Å². The number of primary sulfonamides is 1. The summed E-state index contributed by atoms with van der Waals surface area (Å²) in [5.74, 6) is 0. The third kappa shape index (κ3) is 3.66. The average molecular weight is 298 g/mol. The predicted octanol–water partition coefficient (Wildman–Crippen LogP) is 1.99. The topological polar surface area (TPSA) is 85.1 Å². The molecule has 1 heterocycles. The summed E-state index contributed by atoms with van der Waals surface area (Å²) < 4.78 is 22.2. The number of nitrogens with two attached hydrogens (primary N) is 1. The van der Waals surface area contributed by atoms with Gasteiger partial charge in [-0.3, -0.25) is 4.98 Å². The average Bonchev–Trinajstić information content (AvgIpc) is 2.37. The van der Waals surface area contributed by atoms with Crippen molar-refractivity contribution < 1.29 is 8.42 Å². The van der Waals surface area contributed by atoms with E-state index < -0.39 is 10.0 Å². The Kier molecular flexibility index (Phi) is 4.04. The number of rotatable bonds is 4. The van der Waals surface area contributed by atoms with Gasteiger partial charge in [0.25, 0.3) is 0 Å². The molecule has 0 spiro atoms. The lowest BCUT2D eigenvalue weighted by Crippen LogP contribution is -2.12. The number of halogens is 1. The summed E-state index contributed by atoms with van der Waals surface area (Å²) in [5, 5.41) is 8.69. The third-order valence-corrected chi connectivity index (χ3v) is 3.74.